The molecule has 0 aromatic rings. The highest BCUT2D eigenvalue weighted by Gasteiger charge is 2.40. The Morgan fingerprint density at radius 3 is 1.58 bits per heavy atom. The van der Waals surface area contributed by atoms with E-state index < -0.39 is 0 Å². The molecule has 0 aromatic heterocycles. The highest BCUT2D eigenvalue weighted by atomic mass is 15.3. The van der Waals surface area contributed by atoms with Crippen LogP contribution >= 0.6 is 0 Å². The summed E-state index contributed by atoms with van der Waals surface area (Å²) < 4.78 is 7.89. The van der Waals surface area contributed by atoms with E-state index in [2.05, 4.69) is 43.7 Å². The largest absolute Gasteiger partial charge is 0.362 e. The maximum Gasteiger partial charge on any atom is 0.290 e. The molecule has 2 unspecified atom stereocenters. The molecule has 3 saturated carbocycles. The monoisotopic (exact) mass is 352 g/mol. The zero-order valence-corrected chi connectivity index (χ0v) is 17.0. The molecule has 1 aliphatic heterocycles. The standard InChI is InChI=1S/C20H37B3N3/c1-2-17-11-9-10-16-20(17)26-22-24(18-12-5-3-6-13-18)21-25(23-26)19-14-7-4-8-15-19/h17-20H,2-16H2,1H3. The van der Waals surface area contributed by atoms with Crippen molar-refractivity contribution in [3.05, 3.63) is 0 Å². The second kappa shape index (κ2) is 9.52. The van der Waals surface area contributed by atoms with Crippen molar-refractivity contribution >= 4 is 22.6 Å². The second-order valence-electron chi connectivity index (χ2n) is 9.29. The first-order valence-corrected chi connectivity index (χ1v) is 11.7. The molecule has 2 atom stereocenters. The number of nitrogens with zero attached hydrogens (tertiary/aromatic N) is 3. The van der Waals surface area contributed by atoms with Gasteiger partial charge in [0.05, 0.1) is 0 Å². The summed E-state index contributed by atoms with van der Waals surface area (Å²) in [5, 5.41) is 0. The van der Waals surface area contributed by atoms with Gasteiger partial charge in [-0.2, -0.15) is 0 Å². The third-order valence-electron chi connectivity index (χ3n) is 7.57. The fourth-order valence-electron chi connectivity index (χ4n) is 5.91. The molecule has 4 rings (SSSR count). The fourth-order valence-corrected chi connectivity index (χ4v) is 5.91. The van der Waals surface area contributed by atoms with Crippen LogP contribution in [0, 0.1) is 5.92 Å². The van der Waals surface area contributed by atoms with Crippen molar-refractivity contribution in [2.75, 3.05) is 0 Å². The van der Waals surface area contributed by atoms with Gasteiger partial charge in [-0.1, -0.05) is 64.7 Å². The van der Waals surface area contributed by atoms with E-state index in [0.29, 0.717) is 0 Å². The molecule has 1 saturated heterocycles. The molecule has 0 aromatic carbocycles. The van der Waals surface area contributed by atoms with Gasteiger partial charge in [0, 0.05) is 0 Å². The van der Waals surface area contributed by atoms with Gasteiger partial charge in [-0.25, -0.2) is 0 Å². The normalized spacial score (nSPS) is 34.0. The fraction of sp³-hybridized carbons (Fsp3) is 1.00. The van der Waals surface area contributed by atoms with Crippen LogP contribution in [0.5, 0.6) is 0 Å². The van der Waals surface area contributed by atoms with E-state index in [0.717, 1.165) is 24.0 Å². The van der Waals surface area contributed by atoms with Crippen molar-refractivity contribution in [3.8, 4) is 0 Å². The summed E-state index contributed by atoms with van der Waals surface area (Å²) in [5.41, 5.74) is 0. The minimum Gasteiger partial charge on any atom is -0.362 e. The first-order chi connectivity index (χ1) is 12.8. The van der Waals surface area contributed by atoms with Gasteiger partial charge < -0.3 is 14.2 Å². The predicted molar refractivity (Wildman–Crippen MR) is 113 cm³/mol. The molecule has 0 amide bonds. The van der Waals surface area contributed by atoms with E-state index in [1.807, 2.05) is 0 Å². The Bertz CT molecular complexity index is 401. The van der Waals surface area contributed by atoms with E-state index in [1.165, 1.54) is 96.3 Å². The molecule has 0 bridgehead atoms. The Balaban J connectivity index is 1.48. The van der Waals surface area contributed by atoms with Gasteiger partial charge in [0.15, 0.2) is 0 Å². The van der Waals surface area contributed by atoms with E-state index in [4.69, 9.17) is 0 Å². The highest BCUT2D eigenvalue weighted by molar-refractivity contribution is 6.65. The molecule has 1 heterocycles. The lowest BCUT2D eigenvalue weighted by Crippen LogP contribution is -2.68. The molecule has 141 valence electrons. The molecule has 6 heteroatoms. The van der Waals surface area contributed by atoms with Crippen LogP contribution in [0.2, 0.25) is 0 Å². The third kappa shape index (κ3) is 4.55. The van der Waals surface area contributed by atoms with Gasteiger partial charge >= 0.3 is 0 Å². The zero-order chi connectivity index (χ0) is 17.8. The van der Waals surface area contributed by atoms with E-state index in [-0.39, 0.29) is 0 Å². The van der Waals surface area contributed by atoms with Gasteiger partial charge in [0.1, 0.15) is 0 Å². The number of rotatable bonds is 4. The van der Waals surface area contributed by atoms with Crippen LogP contribution in [-0.2, 0) is 0 Å². The molecular weight excluding hydrogens is 315 g/mol. The van der Waals surface area contributed by atoms with Crippen molar-refractivity contribution < 1.29 is 0 Å². The summed E-state index contributed by atoms with van der Waals surface area (Å²) in [5.74, 6) is 0.871. The highest BCUT2D eigenvalue weighted by Crippen LogP contribution is 2.33. The van der Waals surface area contributed by atoms with Crippen LogP contribution in [0.1, 0.15) is 103 Å². The average molecular weight is 352 g/mol. The summed E-state index contributed by atoms with van der Waals surface area (Å²) in [6, 6.07) is 2.18. The molecule has 3 aliphatic carbocycles. The summed E-state index contributed by atoms with van der Waals surface area (Å²) in [7, 11) is 7.47. The lowest BCUT2D eigenvalue weighted by Gasteiger charge is -2.52. The smallest absolute Gasteiger partial charge is 0.290 e. The van der Waals surface area contributed by atoms with Gasteiger partial charge in [-0.05, 0) is 62.6 Å². The first-order valence-electron chi connectivity index (χ1n) is 11.7. The summed E-state index contributed by atoms with van der Waals surface area (Å²) in [6.07, 6.45) is 21.0. The average Bonchev–Trinajstić information content (AvgIpc) is 2.74. The SMILES string of the molecule is CCC1CCCCC1N1[B]N(C2CCCCC2)[B]N(C2CCCCC2)[B]1. The van der Waals surface area contributed by atoms with Crippen molar-refractivity contribution in [2.45, 2.75) is 121 Å². The number of hydrogen-bond acceptors (Lipinski definition) is 3. The van der Waals surface area contributed by atoms with Crippen molar-refractivity contribution in [3.63, 3.8) is 0 Å². The molecule has 3 nitrogen and oxygen atoms in total. The second-order valence-corrected chi connectivity index (χ2v) is 9.29. The number of hydrogen-bond donors (Lipinski definition) is 0. The molecule has 4 aliphatic rings. The Hall–Kier alpha value is 0.0748. The zero-order valence-electron chi connectivity index (χ0n) is 17.0. The molecular formula is C20H37B3N3. The van der Waals surface area contributed by atoms with Crippen molar-refractivity contribution in [1.82, 2.24) is 14.2 Å². The first kappa shape index (κ1) is 19.4. The minimum atomic E-state index is 0.722. The molecule has 4 fully saturated rings. The van der Waals surface area contributed by atoms with Gasteiger partial charge in [0.2, 0.25) is 0 Å². The lowest BCUT2D eigenvalue weighted by atomic mass is 9.65. The Labute approximate surface area is 164 Å². The van der Waals surface area contributed by atoms with E-state index in [1.54, 1.807) is 0 Å². The maximum atomic E-state index is 2.65. The van der Waals surface area contributed by atoms with Crippen molar-refractivity contribution in [2.24, 2.45) is 5.92 Å². The van der Waals surface area contributed by atoms with Gasteiger partial charge in [-0.3, -0.25) is 0 Å². The lowest BCUT2D eigenvalue weighted by molar-refractivity contribution is 0.201. The van der Waals surface area contributed by atoms with Crippen LogP contribution in [0.15, 0.2) is 0 Å². The maximum absolute atomic E-state index is 2.65. The third-order valence-corrected chi connectivity index (χ3v) is 7.57. The van der Waals surface area contributed by atoms with Crippen LogP contribution in [0.3, 0.4) is 0 Å². The minimum absolute atomic E-state index is 0.722. The van der Waals surface area contributed by atoms with E-state index >= 15 is 0 Å². The Morgan fingerprint density at radius 2 is 1.04 bits per heavy atom. The summed E-state index contributed by atoms with van der Waals surface area (Å²) in [4.78, 5) is 0. The van der Waals surface area contributed by atoms with Crippen molar-refractivity contribution in [1.29, 1.82) is 0 Å². The Morgan fingerprint density at radius 1 is 0.577 bits per heavy atom. The Kier molecular flexibility index (Phi) is 7.10. The molecule has 26 heavy (non-hydrogen) atoms. The predicted octanol–water partition coefficient (Wildman–Crippen LogP) is 4.14. The molecule has 0 spiro atoms. The topological polar surface area (TPSA) is 9.72 Å². The quantitative estimate of drug-likeness (QED) is 0.705. The van der Waals surface area contributed by atoms with Gasteiger partial charge in [0.25, 0.3) is 22.6 Å². The van der Waals surface area contributed by atoms with Crippen LogP contribution < -0.4 is 0 Å². The van der Waals surface area contributed by atoms with E-state index in [9.17, 15) is 0 Å². The van der Waals surface area contributed by atoms with Crippen LogP contribution in [-0.4, -0.2) is 54.9 Å². The van der Waals surface area contributed by atoms with Crippen LogP contribution in [0.4, 0.5) is 0 Å². The van der Waals surface area contributed by atoms with Gasteiger partial charge in [-0.15, -0.1) is 0 Å². The molecule has 3 radical (unpaired) electrons. The van der Waals surface area contributed by atoms with Crippen LogP contribution in [0.25, 0.3) is 0 Å². The summed E-state index contributed by atoms with van der Waals surface area (Å²) in [6.45, 7) is 2.40. The summed E-state index contributed by atoms with van der Waals surface area (Å²) >= 11 is 0. The molecule has 0 N–H and O–H groups in total.